The summed E-state index contributed by atoms with van der Waals surface area (Å²) in [4.78, 5) is 17.7. The van der Waals surface area contributed by atoms with Crippen LogP contribution in [0.4, 0.5) is 0 Å². The molecular weight excluding hydrogens is 364 g/mol. The molecule has 1 amide bonds. The van der Waals surface area contributed by atoms with E-state index in [0.29, 0.717) is 13.1 Å². The Kier molecular flexibility index (Phi) is 6.35. The molecule has 1 saturated heterocycles. The zero-order valence-electron chi connectivity index (χ0n) is 17.2. The SMILES string of the molecule is COc1cccc(C2CCCN2CC(=O)N(Cc2ccco2)C2=CCCCC2)c1. The molecule has 0 radical (unpaired) electrons. The van der Waals surface area contributed by atoms with Gasteiger partial charge in [0.15, 0.2) is 0 Å². The van der Waals surface area contributed by atoms with Crippen LogP contribution in [-0.2, 0) is 11.3 Å². The largest absolute Gasteiger partial charge is 0.497 e. The number of hydrogen-bond acceptors (Lipinski definition) is 4. The number of hydrogen-bond donors (Lipinski definition) is 0. The Morgan fingerprint density at radius 3 is 2.93 bits per heavy atom. The summed E-state index contributed by atoms with van der Waals surface area (Å²) in [5.74, 6) is 1.85. The second kappa shape index (κ2) is 9.31. The average Bonchev–Trinajstić information content (AvgIpc) is 3.44. The van der Waals surface area contributed by atoms with Gasteiger partial charge < -0.3 is 14.1 Å². The van der Waals surface area contributed by atoms with Gasteiger partial charge in [0.25, 0.3) is 0 Å². The normalized spacial score (nSPS) is 19.8. The fourth-order valence-corrected chi connectivity index (χ4v) is 4.48. The van der Waals surface area contributed by atoms with E-state index in [9.17, 15) is 4.79 Å². The number of methoxy groups -OCH3 is 1. The molecule has 0 spiro atoms. The Balaban J connectivity index is 1.50. The highest BCUT2D eigenvalue weighted by Gasteiger charge is 2.30. The lowest BCUT2D eigenvalue weighted by Crippen LogP contribution is -2.39. The number of amides is 1. The zero-order valence-corrected chi connectivity index (χ0v) is 17.2. The van der Waals surface area contributed by atoms with E-state index in [1.807, 2.05) is 29.2 Å². The summed E-state index contributed by atoms with van der Waals surface area (Å²) in [6.07, 6.45) is 10.4. The first-order valence-electron chi connectivity index (χ1n) is 10.6. The van der Waals surface area contributed by atoms with Crippen molar-refractivity contribution in [3.63, 3.8) is 0 Å². The second-order valence-corrected chi connectivity index (χ2v) is 7.91. The lowest BCUT2D eigenvalue weighted by molar-refractivity contribution is -0.131. The molecule has 1 aliphatic carbocycles. The minimum atomic E-state index is 0.157. The standard InChI is InChI=1S/C24H30N2O3/c1-28-21-11-5-8-19(16-21)23-13-6-14-25(23)18-24(27)26(17-22-12-7-15-29-22)20-9-3-2-4-10-20/h5,7-9,11-12,15-16,23H,2-4,6,10,13-14,17-18H2,1H3. The predicted molar refractivity (Wildman–Crippen MR) is 112 cm³/mol. The van der Waals surface area contributed by atoms with Crippen molar-refractivity contribution in [2.24, 2.45) is 0 Å². The fourth-order valence-electron chi connectivity index (χ4n) is 4.48. The Bertz CT molecular complexity index is 844. The van der Waals surface area contributed by atoms with Crippen molar-refractivity contribution < 1.29 is 13.9 Å². The van der Waals surface area contributed by atoms with Crippen LogP contribution in [0.25, 0.3) is 0 Å². The molecule has 0 N–H and O–H groups in total. The molecule has 5 nitrogen and oxygen atoms in total. The first-order valence-corrected chi connectivity index (χ1v) is 10.6. The van der Waals surface area contributed by atoms with E-state index in [0.717, 1.165) is 55.9 Å². The molecule has 1 unspecified atom stereocenters. The van der Waals surface area contributed by atoms with Gasteiger partial charge in [-0.1, -0.05) is 18.2 Å². The topological polar surface area (TPSA) is 45.9 Å². The van der Waals surface area contributed by atoms with E-state index in [4.69, 9.17) is 9.15 Å². The monoisotopic (exact) mass is 394 g/mol. The molecule has 5 heteroatoms. The van der Waals surface area contributed by atoms with Crippen LogP contribution in [0.3, 0.4) is 0 Å². The molecular formula is C24H30N2O3. The van der Waals surface area contributed by atoms with E-state index in [1.54, 1.807) is 13.4 Å². The molecule has 0 bridgehead atoms. The minimum absolute atomic E-state index is 0.157. The molecule has 154 valence electrons. The van der Waals surface area contributed by atoms with Gasteiger partial charge in [0.05, 0.1) is 26.5 Å². The quantitative estimate of drug-likeness (QED) is 0.669. The van der Waals surface area contributed by atoms with Crippen LogP contribution in [0.15, 0.2) is 58.9 Å². The number of nitrogens with zero attached hydrogens (tertiary/aromatic N) is 2. The minimum Gasteiger partial charge on any atom is -0.497 e. The number of carbonyl (C=O) groups excluding carboxylic acids is 1. The summed E-state index contributed by atoms with van der Waals surface area (Å²) in [7, 11) is 1.69. The number of allylic oxidation sites excluding steroid dienone is 2. The molecule has 2 heterocycles. The van der Waals surface area contributed by atoms with Gasteiger partial charge in [-0.3, -0.25) is 9.69 Å². The number of carbonyl (C=O) groups is 1. The van der Waals surface area contributed by atoms with Gasteiger partial charge in [0.2, 0.25) is 5.91 Å². The van der Waals surface area contributed by atoms with Crippen LogP contribution in [0.5, 0.6) is 5.75 Å². The van der Waals surface area contributed by atoms with Gasteiger partial charge in [-0.05, 0) is 74.9 Å². The summed E-state index contributed by atoms with van der Waals surface area (Å²) in [5.41, 5.74) is 2.37. The first kappa shape index (κ1) is 19.8. The summed E-state index contributed by atoms with van der Waals surface area (Å²) in [6, 6.07) is 12.3. The highest BCUT2D eigenvalue weighted by Crippen LogP contribution is 2.34. The Hall–Kier alpha value is -2.53. The van der Waals surface area contributed by atoms with E-state index in [-0.39, 0.29) is 11.9 Å². The van der Waals surface area contributed by atoms with Gasteiger partial charge in [-0.15, -0.1) is 0 Å². The third-order valence-electron chi connectivity index (χ3n) is 5.99. The first-order chi connectivity index (χ1) is 14.2. The number of rotatable bonds is 7. The van der Waals surface area contributed by atoms with Gasteiger partial charge in [0.1, 0.15) is 11.5 Å². The van der Waals surface area contributed by atoms with E-state index in [2.05, 4.69) is 23.1 Å². The van der Waals surface area contributed by atoms with Crippen LogP contribution in [0.2, 0.25) is 0 Å². The highest BCUT2D eigenvalue weighted by molar-refractivity contribution is 5.80. The third-order valence-corrected chi connectivity index (χ3v) is 5.99. The maximum absolute atomic E-state index is 13.4. The molecule has 1 aliphatic heterocycles. The van der Waals surface area contributed by atoms with Crippen molar-refractivity contribution in [1.29, 1.82) is 0 Å². The van der Waals surface area contributed by atoms with Crippen molar-refractivity contribution in [2.75, 3.05) is 20.2 Å². The van der Waals surface area contributed by atoms with Gasteiger partial charge in [-0.25, -0.2) is 0 Å². The lowest BCUT2D eigenvalue weighted by Gasteiger charge is -2.31. The average molecular weight is 395 g/mol. The van der Waals surface area contributed by atoms with E-state index < -0.39 is 0 Å². The maximum atomic E-state index is 13.4. The van der Waals surface area contributed by atoms with Crippen molar-refractivity contribution in [1.82, 2.24) is 9.80 Å². The zero-order chi connectivity index (χ0) is 20.1. The molecule has 0 saturated carbocycles. The van der Waals surface area contributed by atoms with Crippen molar-refractivity contribution in [3.05, 3.63) is 65.8 Å². The molecule has 1 aromatic carbocycles. The molecule has 2 aliphatic rings. The summed E-state index contributed by atoms with van der Waals surface area (Å²) < 4.78 is 10.9. The highest BCUT2D eigenvalue weighted by atomic mass is 16.5. The van der Waals surface area contributed by atoms with Crippen LogP contribution < -0.4 is 4.74 Å². The second-order valence-electron chi connectivity index (χ2n) is 7.91. The Morgan fingerprint density at radius 1 is 1.24 bits per heavy atom. The molecule has 29 heavy (non-hydrogen) atoms. The Labute approximate surface area is 172 Å². The molecule has 1 aromatic heterocycles. The number of likely N-dealkylation sites (tertiary alicyclic amines) is 1. The summed E-state index contributed by atoms with van der Waals surface area (Å²) in [6.45, 7) is 1.89. The molecule has 4 rings (SSSR count). The van der Waals surface area contributed by atoms with Crippen LogP contribution in [-0.4, -0.2) is 35.9 Å². The van der Waals surface area contributed by atoms with Gasteiger partial charge in [0, 0.05) is 11.7 Å². The molecule has 1 fully saturated rings. The predicted octanol–water partition coefficient (Wildman–Crippen LogP) is 4.91. The van der Waals surface area contributed by atoms with E-state index in [1.165, 1.54) is 12.0 Å². The van der Waals surface area contributed by atoms with Crippen LogP contribution >= 0.6 is 0 Å². The smallest absolute Gasteiger partial charge is 0.241 e. The fraction of sp³-hybridized carbons (Fsp3) is 0.458. The van der Waals surface area contributed by atoms with Gasteiger partial charge in [-0.2, -0.15) is 0 Å². The van der Waals surface area contributed by atoms with Crippen LogP contribution in [0.1, 0.15) is 55.9 Å². The summed E-state index contributed by atoms with van der Waals surface area (Å²) in [5, 5.41) is 0. The van der Waals surface area contributed by atoms with Crippen molar-refractivity contribution >= 4 is 5.91 Å². The maximum Gasteiger partial charge on any atom is 0.241 e. The summed E-state index contributed by atoms with van der Waals surface area (Å²) >= 11 is 0. The van der Waals surface area contributed by atoms with Crippen molar-refractivity contribution in [3.8, 4) is 5.75 Å². The molecule has 1 atom stereocenters. The number of benzene rings is 1. The lowest BCUT2D eigenvalue weighted by atomic mass is 10.0. The number of furan rings is 1. The van der Waals surface area contributed by atoms with Crippen molar-refractivity contribution in [2.45, 2.75) is 51.1 Å². The third kappa shape index (κ3) is 4.73. The number of ether oxygens (including phenoxy) is 1. The van der Waals surface area contributed by atoms with Gasteiger partial charge >= 0.3 is 0 Å². The van der Waals surface area contributed by atoms with E-state index >= 15 is 0 Å². The van der Waals surface area contributed by atoms with Crippen LogP contribution in [0, 0.1) is 0 Å². The molecule has 2 aromatic rings. The Morgan fingerprint density at radius 2 is 2.17 bits per heavy atom.